The van der Waals surface area contributed by atoms with Crippen LogP contribution in [0.5, 0.6) is 0 Å². The number of fused-ring (bicyclic) bond motifs is 1. The SMILES string of the molecule is CCc1nnc2cc(-c3ccnc(Nc4ccnn4C)n3)cc(C)n12. The highest BCUT2D eigenvalue weighted by Gasteiger charge is 2.11. The van der Waals surface area contributed by atoms with E-state index in [1.165, 1.54) is 0 Å². The molecule has 0 atom stereocenters. The number of hydrogen-bond acceptors (Lipinski definition) is 6. The number of hydrogen-bond donors (Lipinski definition) is 1. The molecule has 0 amide bonds. The average Bonchev–Trinajstić information content (AvgIpc) is 3.21. The Kier molecular flexibility index (Phi) is 3.64. The number of aromatic nitrogens is 7. The largest absolute Gasteiger partial charge is 0.309 e. The highest BCUT2D eigenvalue weighted by Crippen LogP contribution is 2.22. The fourth-order valence-corrected chi connectivity index (χ4v) is 2.85. The molecule has 0 spiro atoms. The maximum absolute atomic E-state index is 4.61. The van der Waals surface area contributed by atoms with Crippen LogP contribution >= 0.6 is 0 Å². The molecule has 126 valence electrons. The third-order valence-corrected chi connectivity index (χ3v) is 4.09. The maximum atomic E-state index is 4.61. The highest BCUT2D eigenvalue weighted by molar-refractivity contribution is 5.66. The van der Waals surface area contributed by atoms with E-state index in [2.05, 4.69) is 54.9 Å². The van der Waals surface area contributed by atoms with Crippen LogP contribution in [0.2, 0.25) is 0 Å². The van der Waals surface area contributed by atoms with E-state index in [1.807, 2.05) is 25.2 Å². The summed E-state index contributed by atoms with van der Waals surface area (Å²) in [4.78, 5) is 8.90. The van der Waals surface area contributed by atoms with E-state index >= 15 is 0 Å². The van der Waals surface area contributed by atoms with Gasteiger partial charge in [0.25, 0.3) is 0 Å². The van der Waals surface area contributed by atoms with E-state index in [9.17, 15) is 0 Å². The fourth-order valence-electron chi connectivity index (χ4n) is 2.85. The molecular weight excluding hydrogens is 316 g/mol. The molecule has 4 aromatic heterocycles. The molecule has 0 saturated heterocycles. The summed E-state index contributed by atoms with van der Waals surface area (Å²) in [5.74, 6) is 2.31. The molecule has 0 aromatic carbocycles. The van der Waals surface area contributed by atoms with Gasteiger partial charge in [0.15, 0.2) is 5.65 Å². The zero-order chi connectivity index (χ0) is 17.4. The first-order chi connectivity index (χ1) is 12.2. The number of aryl methyl sites for hydroxylation is 3. The predicted molar refractivity (Wildman–Crippen MR) is 94.6 cm³/mol. The Bertz CT molecular complexity index is 1050. The molecule has 4 aromatic rings. The van der Waals surface area contributed by atoms with Crippen LogP contribution < -0.4 is 5.32 Å². The molecule has 4 rings (SSSR count). The summed E-state index contributed by atoms with van der Waals surface area (Å²) in [6.45, 7) is 4.12. The molecule has 8 nitrogen and oxygen atoms in total. The molecule has 0 saturated carbocycles. The second-order valence-corrected chi connectivity index (χ2v) is 5.78. The van der Waals surface area contributed by atoms with E-state index < -0.39 is 0 Å². The van der Waals surface area contributed by atoms with Gasteiger partial charge in [-0.3, -0.25) is 9.08 Å². The van der Waals surface area contributed by atoms with Crippen molar-refractivity contribution in [3.05, 3.63) is 48.2 Å². The van der Waals surface area contributed by atoms with Crippen molar-refractivity contribution in [1.29, 1.82) is 0 Å². The first-order valence-corrected chi connectivity index (χ1v) is 8.09. The van der Waals surface area contributed by atoms with Crippen LogP contribution in [0.3, 0.4) is 0 Å². The second kappa shape index (κ2) is 5.97. The summed E-state index contributed by atoms with van der Waals surface area (Å²) in [6.07, 6.45) is 4.30. The van der Waals surface area contributed by atoms with E-state index in [0.717, 1.165) is 40.7 Å². The summed E-state index contributed by atoms with van der Waals surface area (Å²) < 4.78 is 3.80. The maximum Gasteiger partial charge on any atom is 0.228 e. The average molecular weight is 334 g/mol. The lowest BCUT2D eigenvalue weighted by atomic mass is 10.1. The van der Waals surface area contributed by atoms with Crippen LogP contribution in [-0.4, -0.2) is 34.3 Å². The van der Waals surface area contributed by atoms with Gasteiger partial charge in [0.05, 0.1) is 11.9 Å². The van der Waals surface area contributed by atoms with Gasteiger partial charge in [-0.15, -0.1) is 10.2 Å². The summed E-state index contributed by atoms with van der Waals surface area (Å²) in [5, 5.41) is 15.8. The van der Waals surface area contributed by atoms with Gasteiger partial charge in [0.1, 0.15) is 11.6 Å². The number of anilines is 2. The minimum Gasteiger partial charge on any atom is -0.309 e. The Morgan fingerprint density at radius 1 is 1.12 bits per heavy atom. The number of pyridine rings is 1. The molecule has 0 aliphatic rings. The van der Waals surface area contributed by atoms with Gasteiger partial charge in [-0.05, 0) is 25.1 Å². The minimum atomic E-state index is 0.523. The number of nitrogens with zero attached hydrogens (tertiary/aromatic N) is 7. The highest BCUT2D eigenvalue weighted by atomic mass is 15.3. The van der Waals surface area contributed by atoms with Crippen molar-refractivity contribution in [2.75, 3.05) is 5.32 Å². The quantitative estimate of drug-likeness (QED) is 0.617. The molecule has 4 heterocycles. The zero-order valence-electron chi connectivity index (χ0n) is 14.3. The first kappa shape index (κ1) is 15.3. The van der Waals surface area contributed by atoms with E-state index in [0.29, 0.717) is 5.95 Å². The van der Waals surface area contributed by atoms with Crippen molar-refractivity contribution < 1.29 is 0 Å². The van der Waals surface area contributed by atoms with Crippen molar-refractivity contribution in [3.8, 4) is 11.3 Å². The van der Waals surface area contributed by atoms with Gasteiger partial charge in [0.2, 0.25) is 5.95 Å². The molecule has 0 aliphatic carbocycles. The van der Waals surface area contributed by atoms with Crippen molar-refractivity contribution in [1.82, 2.24) is 34.3 Å². The Morgan fingerprint density at radius 3 is 2.76 bits per heavy atom. The molecule has 1 N–H and O–H groups in total. The lowest BCUT2D eigenvalue weighted by Crippen LogP contribution is -2.03. The number of rotatable bonds is 4. The third-order valence-electron chi connectivity index (χ3n) is 4.09. The summed E-state index contributed by atoms with van der Waals surface area (Å²) >= 11 is 0. The standard InChI is InChI=1S/C17H18N8/c1-4-14-22-23-16-10-12(9-11(2)25(14)16)13-5-7-18-17(20-13)21-15-6-8-19-24(15)3/h5-10H,4H2,1-3H3,(H,18,20,21). The molecule has 8 heteroatoms. The smallest absolute Gasteiger partial charge is 0.228 e. The van der Waals surface area contributed by atoms with Crippen LogP contribution in [0.15, 0.2) is 36.7 Å². The Balaban J connectivity index is 1.73. The normalized spacial score (nSPS) is 11.2. The third kappa shape index (κ3) is 2.71. The predicted octanol–water partition coefficient (Wildman–Crippen LogP) is 2.53. The van der Waals surface area contributed by atoms with Gasteiger partial charge in [0, 0.05) is 37.0 Å². The van der Waals surface area contributed by atoms with Crippen molar-refractivity contribution in [2.24, 2.45) is 7.05 Å². The topological polar surface area (TPSA) is 85.8 Å². The second-order valence-electron chi connectivity index (χ2n) is 5.78. The molecule has 0 fully saturated rings. The molecule has 25 heavy (non-hydrogen) atoms. The minimum absolute atomic E-state index is 0.523. The van der Waals surface area contributed by atoms with E-state index in [-0.39, 0.29) is 0 Å². The molecule has 0 unspecified atom stereocenters. The van der Waals surface area contributed by atoms with E-state index in [4.69, 9.17) is 0 Å². The van der Waals surface area contributed by atoms with Crippen LogP contribution in [-0.2, 0) is 13.5 Å². The van der Waals surface area contributed by atoms with Gasteiger partial charge in [-0.2, -0.15) is 5.10 Å². The number of nitrogens with one attached hydrogen (secondary N) is 1. The van der Waals surface area contributed by atoms with Crippen molar-refractivity contribution in [3.63, 3.8) is 0 Å². The molecule has 0 aliphatic heterocycles. The van der Waals surface area contributed by atoms with Crippen LogP contribution in [0, 0.1) is 6.92 Å². The van der Waals surface area contributed by atoms with E-state index in [1.54, 1.807) is 17.1 Å². The van der Waals surface area contributed by atoms with Gasteiger partial charge in [-0.25, -0.2) is 9.97 Å². The van der Waals surface area contributed by atoms with Crippen molar-refractivity contribution >= 4 is 17.4 Å². The van der Waals surface area contributed by atoms with Gasteiger partial charge in [-0.1, -0.05) is 6.92 Å². The van der Waals surface area contributed by atoms with Crippen molar-refractivity contribution in [2.45, 2.75) is 20.3 Å². The fraction of sp³-hybridized carbons (Fsp3) is 0.235. The Morgan fingerprint density at radius 2 is 2.00 bits per heavy atom. The summed E-state index contributed by atoms with van der Waals surface area (Å²) in [6, 6.07) is 7.84. The molecule has 0 radical (unpaired) electrons. The summed E-state index contributed by atoms with van der Waals surface area (Å²) in [5.41, 5.74) is 3.71. The monoisotopic (exact) mass is 334 g/mol. The lowest BCUT2D eigenvalue weighted by Gasteiger charge is -2.08. The van der Waals surface area contributed by atoms with Crippen LogP contribution in [0.4, 0.5) is 11.8 Å². The van der Waals surface area contributed by atoms with Crippen LogP contribution in [0.1, 0.15) is 18.4 Å². The van der Waals surface area contributed by atoms with Crippen LogP contribution in [0.25, 0.3) is 16.9 Å². The summed E-state index contributed by atoms with van der Waals surface area (Å²) in [7, 11) is 1.86. The Labute approximate surface area is 144 Å². The Hall–Kier alpha value is -3.29. The zero-order valence-corrected chi connectivity index (χ0v) is 14.3. The van der Waals surface area contributed by atoms with Gasteiger partial charge < -0.3 is 5.32 Å². The molecular formula is C17H18N8. The lowest BCUT2D eigenvalue weighted by molar-refractivity contribution is 0.775. The molecule has 0 bridgehead atoms. The van der Waals surface area contributed by atoms with Gasteiger partial charge >= 0.3 is 0 Å². The first-order valence-electron chi connectivity index (χ1n) is 8.09.